The van der Waals surface area contributed by atoms with Crippen LogP contribution in [0.5, 0.6) is 0 Å². The summed E-state index contributed by atoms with van der Waals surface area (Å²) in [5.41, 5.74) is 5.34. The normalized spacial score (nSPS) is 30.3. The van der Waals surface area contributed by atoms with Gasteiger partial charge in [-0.2, -0.15) is 0 Å². The van der Waals surface area contributed by atoms with Crippen molar-refractivity contribution in [3.05, 3.63) is 0 Å². The molecule has 0 spiro atoms. The number of aliphatic carboxylic acids is 1. The molecule has 5 nitrogen and oxygen atoms in total. The van der Waals surface area contributed by atoms with Crippen molar-refractivity contribution in [2.75, 3.05) is 6.54 Å². The van der Waals surface area contributed by atoms with E-state index in [0.717, 1.165) is 44.9 Å². The lowest BCUT2D eigenvalue weighted by atomic mass is 9.94. The second-order valence-electron chi connectivity index (χ2n) is 5.71. The van der Waals surface area contributed by atoms with Crippen LogP contribution in [0.15, 0.2) is 0 Å². The van der Waals surface area contributed by atoms with Crippen molar-refractivity contribution >= 4 is 11.9 Å². The van der Waals surface area contributed by atoms with E-state index >= 15 is 0 Å². The van der Waals surface area contributed by atoms with Gasteiger partial charge in [-0.05, 0) is 31.6 Å². The molecule has 18 heavy (non-hydrogen) atoms. The molecule has 2 fully saturated rings. The highest BCUT2D eigenvalue weighted by molar-refractivity contribution is 5.86. The Hall–Kier alpha value is -1.10. The maximum Gasteiger partial charge on any atom is 0.306 e. The van der Waals surface area contributed by atoms with Crippen LogP contribution in [0.4, 0.5) is 0 Å². The third-order valence-corrected chi connectivity index (χ3v) is 4.45. The zero-order valence-electron chi connectivity index (χ0n) is 10.7. The van der Waals surface area contributed by atoms with E-state index in [-0.39, 0.29) is 17.7 Å². The minimum absolute atomic E-state index is 0.0662. The lowest BCUT2D eigenvalue weighted by molar-refractivity contribution is -0.143. The molecule has 2 saturated carbocycles. The van der Waals surface area contributed by atoms with Gasteiger partial charge in [0.15, 0.2) is 0 Å². The summed E-state index contributed by atoms with van der Waals surface area (Å²) in [6, 6.07) is 0. The quantitative estimate of drug-likeness (QED) is 0.694. The molecule has 0 saturated heterocycles. The Morgan fingerprint density at radius 1 is 1.22 bits per heavy atom. The van der Waals surface area contributed by atoms with E-state index in [1.54, 1.807) is 0 Å². The SMILES string of the molecule is NC1(C(=O)NCC2CCCC2C(=O)O)CCCC1. The predicted octanol–water partition coefficient (Wildman–Crippen LogP) is 0.875. The third kappa shape index (κ3) is 2.66. The number of carbonyl (C=O) groups excluding carboxylic acids is 1. The average Bonchev–Trinajstić information content (AvgIpc) is 2.95. The van der Waals surface area contributed by atoms with E-state index < -0.39 is 11.5 Å². The number of carboxylic acid groups (broad SMARTS) is 1. The summed E-state index contributed by atoms with van der Waals surface area (Å²) in [5, 5.41) is 11.9. The minimum atomic E-state index is -0.741. The highest BCUT2D eigenvalue weighted by Gasteiger charge is 2.38. The number of carboxylic acids is 1. The molecule has 4 N–H and O–H groups in total. The molecule has 0 heterocycles. The Labute approximate surface area is 107 Å². The van der Waals surface area contributed by atoms with Crippen LogP contribution in [0.3, 0.4) is 0 Å². The van der Waals surface area contributed by atoms with Crippen LogP contribution in [0.2, 0.25) is 0 Å². The molecule has 5 heteroatoms. The van der Waals surface area contributed by atoms with Crippen LogP contribution in [0.25, 0.3) is 0 Å². The number of nitrogens with one attached hydrogen (secondary N) is 1. The van der Waals surface area contributed by atoms with Gasteiger partial charge in [-0.3, -0.25) is 9.59 Å². The summed E-state index contributed by atoms with van der Waals surface area (Å²) >= 11 is 0. The molecule has 2 rings (SSSR count). The zero-order valence-corrected chi connectivity index (χ0v) is 10.7. The van der Waals surface area contributed by atoms with E-state index in [1.807, 2.05) is 0 Å². The highest BCUT2D eigenvalue weighted by Crippen LogP contribution is 2.32. The molecule has 102 valence electrons. The molecule has 0 aromatic rings. The van der Waals surface area contributed by atoms with Crippen LogP contribution in [0.1, 0.15) is 44.9 Å². The van der Waals surface area contributed by atoms with E-state index in [2.05, 4.69) is 5.32 Å². The predicted molar refractivity (Wildman–Crippen MR) is 66.9 cm³/mol. The first-order chi connectivity index (χ1) is 8.53. The van der Waals surface area contributed by atoms with Gasteiger partial charge in [0.2, 0.25) is 5.91 Å². The van der Waals surface area contributed by atoms with Gasteiger partial charge < -0.3 is 16.2 Å². The van der Waals surface area contributed by atoms with Crippen molar-refractivity contribution in [2.45, 2.75) is 50.5 Å². The Kier molecular flexibility index (Phi) is 3.90. The molecule has 2 unspecified atom stereocenters. The number of amides is 1. The molecular weight excluding hydrogens is 232 g/mol. The summed E-state index contributed by atoms with van der Waals surface area (Å²) < 4.78 is 0. The molecular formula is C13H22N2O3. The van der Waals surface area contributed by atoms with Crippen molar-refractivity contribution in [3.63, 3.8) is 0 Å². The van der Waals surface area contributed by atoms with Crippen molar-refractivity contribution in [3.8, 4) is 0 Å². The van der Waals surface area contributed by atoms with Gasteiger partial charge in [-0.15, -0.1) is 0 Å². The lowest BCUT2D eigenvalue weighted by Crippen LogP contribution is -2.53. The molecule has 2 aliphatic rings. The highest BCUT2D eigenvalue weighted by atomic mass is 16.4. The largest absolute Gasteiger partial charge is 0.481 e. The Balaban J connectivity index is 1.84. The van der Waals surface area contributed by atoms with Gasteiger partial charge in [-0.1, -0.05) is 19.3 Å². The standard InChI is InChI=1S/C13H22N2O3/c14-13(6-1-2-7-13)12(18)15-8-9-4-3-5-10(9)11(16)17/h9-10H,1-8,14H2,(H,15,18)(H,16,17). The Bertz CT molecular complexity index is 337. The van der Waals surface area contributed by atoms with Crippen LogP contribution in [-0.2, 0) is 9.59 Å². The molecule has 1 amide bonds. The van der Waals surface area contributed by atoms with Gasteiger partial charge in [0, 0.05) is 6.54 Å². The second kappa shape index (κ2) is 5.26. The fraction of sp³-hybridized carbons (Fsp3) is 0.846. The summed E-state index contributed by atoms with van der Waals surface area (Å²) in [4.78, 5) is 23.1. The maximum absolute atomic E-state index is 12.0. The fourth-order valence-corrected chi connectivity index (χ4v) is 3.24. The minimum Gasteiger partial charge on any atom is -0.481 e. The molecule has 0 radical (unpaired) electrons. The first-order valence-electron chi connectivity index (χ1n) is 6.83. The Morgan fingerprint density at radius 3 is 2.50 bits per heavy atom. The van der Waals surface area contributed by atoms with Gasteiger partial charge in [0.05, 0.1) is 11.5 Å². The second-order valence-corrected chi connectivity index (χ2v) is 5.71. The monoisotopic (exact) mass is 254 g/mol. The number of hydrogen-bond acceptors (Lipinski definition) is 3. The van der Waals surface area contributed by atoms with Crippen LogP contribution in [0, 0.1) is 11.8 Å². The van der Waals surface area contributed by atoms with Crippen molar-refractivity contribution < 1.29 is 14.7 Å². The summed E-state index contributed by atoms with van der Waals surface area (Å²) in [6.07, 6.45) is 6.04. The van der Waals surface area contributed by atoms with Gasteiger partial charge >= 0.3 is 5.97 Å². The molecule has 0 aromatic carbocycles. The molecule has 0 aliphatic heterocycles. The average molecular weight is 254 g/mol. The number of carbonyl (C=O) groups is 2. The van der Waals surface area contributed by atoms with E-state index in [4.69, 9.17) is 10.8 Å². The topological polar surface area (TPSA) is 92.4 Å². The number of rotatable bonds is 4. The molecule has 0 aromatic heterocycles. The third-order valence-electron chi connectivity index (χ3n) is 4.45. The summed E-state index contributed by atoms with van der Waals surface area (Å²) in [7, 11) is 0. The van der Waals surface area contributed by atoms with Gasteiger partial charge in [0.25, 0.3) is 0 Å². The van der Waals surface area contributed by atoms with Crippen LogP contribution < -0.4 is 11.1 Å². The molecule has 2 aliphatic carbocycles. The van der Waals surface area contributed by atoms with Gasteiger partial charge in [0.1, 0.15) is 0 Å². The van der Waals surface area contributed by atoms with E-state index in [1.165, 1.54) is 0 Å². The smallest absolute Gasteiger partial charge is 0.306 e. The summed E-state index contributed by atoms with van der Waals surface area (Å²) in [6.45, 7) is 0.453. The van der Waals surface area contributed by atoms with E-state index in [9.17, 15) is 9.59 Å². The maximum atomic E-state index is 12.0. The fourth-order valence-electron chi connectivity index (χ4n) is 3.24. The molecule has 0 bridgehead atoms. The molecule has 2 atom stereocenters. The van der Waals surface area contributed by atoms with Crippen LogP contribution >= 0.6 is 0 Å². The van der Waals surface area contributed by atoms with Crippen molar-refractivity contribution in [1.29, 1.82) is 0 Å². The lowest BCUT2D eigenvalue weighted by Gasteiger charge is -2.24. The van der Waals surface area contributed by atoms with Crippen LogP contribution in [-0.4, -0.2) is 29.1 Å². The van der Waals surface area contributed by atoms with Crippen molar-refractivity contribution in [2.24, 2.45) is 17.6 Å². The Morgan fingerprint density at radius 2 is 1.89 bits per heavy atom. The first-order valence-corrected chi connectivity index (χ1v) is 6.83. The summed E-state index contributed by atoms with van der Waals surface area (Å²) in [5.74, 6) is -1.08. The van der Waals surface area contributed by atoms with Gasteiger partial charge in [-0.25, -0.2) is 0 Å². The number of hydrogen-bond donors (Lipinski definition) is 3. The zero-order chi connectivity index (χ0) is 13.2. The van der Waals surface area contributed by atoms with E-state index in [0.29, 0.717) is 6.54 Å². The first kappa shape index (κ1) is 13.3. The van der Waals surface area contributed by atoms with Crippen molar-refractivity contribution in [1.82, 2.24) is 5.32 Å². The number of nitrogens with two attached hydrogens (primary N) is 1.